The lowest BCUT2D eigenvalue weighted by molar-refractivity contribution is -0.122. The summed E-state index contributed by atoms with van der Waals surface area (Å²) in [7, 11) is 0. The summed E-state index contributed by atoms with van der Waals surface area (Å²) in [6, 6.07) is 15.4. The highest BCUT2D eigenvalue weighted by Crippen LogP contribution is 2.33. The number of carbonyl (C=O) groups is 2. The van der Waals surface area contributed by atoms with Crippen molar-refractivity contribution in [2.24, 2.45) is 0 Å². The number of hydrogen-bond donors (Lipinski definition) is 1. The molecule has 5 nitrogen and oxygen atoms in total. The zero-order chi connectivity index (χ0) is 23.3. The molecule has 32 heavy (non-hydrogen) atoms. The molecule has 1 N–H and O–H groups in total. The van der Waals surface area contributed by atoms with E-state index < -0.39 is 0 Å². The Morgan fingerprint density at radius 2 is 1.78 bits per heavy atom. The molecule has 0 aliphatic carbocycles. The van der Waals surface area contributed by atoms with Gasteiger partial charge in [0.25, 0.3) is 5.91 Å². The maximum atomic E-state index is 12.8. The molecule has 1 aliphatic rings. The molecular weight excluding hydrogens is 440 g/mol. The smallest absolute Gasteiger partial charge is 0.266 e. The number of hydrogen-bond acceptors (Lipinski definition) is 5. The van der Waals surface area contributed by atoms with Gasteiger partial charge in [-0.15, -0.1) is 0 Å². The number of rotatable bonds is 7. The van der Waals surface area contributed by atoms with E-state index in [0.717, 1.165) is 11.3 Å². The van der Waals surface area contributed by atoms with Crippen molar-refractivity contribution in [3.05, 3.63) is 64.6 Å². The Labute approximate surface area is 199 Å². The zero-order valence-corrected chi connectivity index (χ0v) is 20.4. The number of anilines is 1. The first kappa shape index (κ1) is 24.0. The number of thiocarbonyl (C=S) groups is 1. The van der Waals surface area contributed by atoms with Gasteiger partial charge in [0.05, 0.1) is 11.5 Å². The maximum absolute atomic E-state index is 12.8. The second kappa shape index (κ2) is 10.3. The third-order valence-electron chi connectivity index (χ3n) is 4.96. The summed E-state index contributed by atoms with van der Waals surface area (Å²) in [6.07, 6.45) is 2.01. The summed E-state index contributed by atoms with van der Waals surface area (Å²) in [4.78, 5) is 27.2. The monoisotopic (exact) mass is 468 g/mol. The van der Waals surface area contributed by atoms with Crippen molar-refractivity contribution in [1.82, 2.24) is 4.90 Å². The highest BCUT2D eigenvalue weighted by Gasteiger charge is 2.32. The fourth-order valence-corrected chi connectivity index (χ4v) is 4.47. The summed E-state index contributed by atoms with van der Waals surface area (Å²) in [5, 5.41) is 2.84. The molecule has 0 aromatic heterocycles. The van der Waals surface area contributed by atoms with Gasteiger partial charge < -0.3 is 10.1 Å². The number of benzene rings is 2. The molecule has 0 spiro atoms. The van der Waals surface area contributed by atoms with Crippen LogP contribution < -0.4 is 10.1 Å². The maximum Gasteiger partial charge on any atom is 0.266 e. The van der Waals surface area contributed by atoms with Gasteiger partial charge in [0.2, 0.25) is 5.91 Å². The summed E-state index contributed by atoms with van der Waals surface area (Å²) < 4.78 is 5.87. The van der Waals surface area contributed by atoms with Gasteiger partial charge in [-0.25, -0.2) is 0 Å². The van der Waals surface area contributed by atoms with Crippen LogP contribution in [0, 0.1) is 0 Å². The molecule has 3 rings (SSSR count). The van der Waals surface area contributed by atoms with Crippen molar-refractivity contribution in [3.8, 4) is 5.75 Å². The van der Waals surface area contributed by atoms with Crippen LogP contribution in [-0.2, 0) is 15.0 Å². The molecule has 1 fully saturated rings. The van der Waals surface area contributed by atoms with E-state index in [-0.39, 0.29) is 30.2 Å². The minimum Gasteiger partial charge on any atom is -0.494 e. The number of thioether (sulfide) groups is 1. The SMILES string of the molecule is CCOc1ccc(NC(=O)CCN2C(=O)/C(=C/c3ccc(C(C)(C)C)cc3)SC2=S)cc1. The van der Waals surface area contributed by atoms with Crippen molar-refractivity contribution in [1.29, 1.82) is 0 Å². The van der Waals surface area contributed by atoms with Crippen molar-refractivity contribution < 1.29 is 14.3 Å². The number of nitrogens with zero attached hydrogens (tertiary/aromatic N) is 1. The minimum atomic E-state index is -0.176. The average molecular weight is 469 g/mol. The Hall–Kier alpha value is -2.64. The van der Waals surface area contributed by atoms with Gasteiger partial charge in [-0.2, -0.15) is 0 Å². The lowest BCUT2D eigenvalue weighted by Gasteiger charge is -2.18. The largest absolute Gasteiger partial charge is 0.494 e. The quantitative estimate of drug-likeness (QED) is 0.423. The van der Waals surface area contributed by atoms with Crippen LogP contribution >= 0.6 is 24.0 Å². The van der Waals surface area contributed by atoms with Gasteiger partial charge in [0, 0.05) is 18.7 Å². The van der Waals surface area contributed by atoms with E-state index in [2.05, 4.69) is 38.2 Å². The van der Waals surface area contributed by atoms with Crippen LogP contribution in [0.1, 0.15) is 45.2 Å². The van der Waals surface area contributed by atoms with E-state index in [0.29, 0.717) is 21.5 Å². The van der Waals surface area contributed by atoms with Crippen molar-refractivity contribution in [3.63, 3.8) is 0 Å². The van der Waals surface area contributed by atoms with Crippen LogP contribution in [-0.4, -0.2) is 34.2 Å². The summed E-state index contributed by atoms with van der Waals surface area (Å²) in [5.74, 6) is 0.418. The van der Waals surface area contributed by atoms with Crippen LogP contribution in [0.5, 0.6) is 5.75 Å². The van der Waals surface area contributed by atoms with E-state index in [1.165, 1.54) is 22.2 Å². The molecular formula is C25H28N2O3S2. The molecule has 2 aromatic rings. The first-order valence-electron chi connectivity index (χ1n) is 10.6. The molecule has 0 bridgehead atoms. The van der Waals surface area contributed by atoms with Crippen molar-refractivity contribution >= 4 is 51.9 Å². The second-order valence-electron chi connectivity index (χ2n) is 8.46. The van der Waals surface area contributed by atoms with Gasteiger partial charge in [-0.3, -0.25) is 14.5 Å². The lowest BCUT2D eigenvalue weighted by Crippen LogP contribution is -2.31. The van der Waals surface area contributed by atoms with E-state index in [9.17, 15) is 9.59 Å². The van der Waals surface area contributed by atoms with Crippen LogP contribution in [0.15, 0.2) is 53.4 Å². The summed E-state index contributed by atoms with van der Waals surface area (Å²) >= 11 is 6.65. The van der Waals surface area contributed by atoms with Gasteiger partial charge >= 0.3 is 0 Å². The lowest BCUT2D eigenvalue weighted by atomic mass is 9.87. The number of nitrogens with one attached hydrogen (secondary N) is 1. The van der Waals surface area contributed by atoms with Gasteiger partial charge in [-0.05, 0) is 53.8 Å². The van der Waals surface area contributed by atoms with E-state index >= 15 is 0 Å². The topological polar surface area (TPSA) is 58.6 Å². The highest BCUT2D eigenvalue weighted by atomic mass is 32.2. The second-order valence-corrected chi connectivity index (χ2v) is 10.1. The third-order valence-corrected chi connectivity index (χ3v) is 6.34. The number of amides is 2. The average Bonchev–Trinajstić information content (AvgIpc) is 3.00. The predicted octanol–water partition coefficient (Wildman–Crippen LogP) is 5.61. The Balaban J connectivity index is 1.57. The van der Waals surface area contributed by atoms with Crippen LogP contribution in [0.25, 0.3) is 6.08 Å². The molecule has 1 saturated heterocycles. The zero-order valence-electron chi connectivity index (χ0n) is 18.8. The molecule has 7 heteroatoms. The Kier molecular flexibility index (Phi) is 7.74. The molecule has 168 valence electrons. The molecule has 2 aromatic carbocycles. The highest BCUT2D eigenvalue weighted by molar-refractivity contribution is 8.26. The minimum absolute atomic E-state index is 0.0772. The molecule has 2 amide bonds. The molecule has 0 radical (unpaired) electrons. The van der Waals surface area contributed by atoms with E-state index in [1.54, 1.807) is 24.3 Å². The predicted molar refractivity (Wildman–Crippen MR) is 136 cm³/mol. The molecule has 0 atom stereocenters. The first-order valence-corrected chi connectivity index (χ1v) is 11.8. The number of ether oxygens (including phenoxy) is 1. The molecule has 1 heterocycles. The Morgan fingerprint density at radius 3 is 2.38 bits per heavy atom. The van der Waals surface area contributed by atoms with E-state index in [4.69, 9.17) is 17.0 Å². The Morgan fingerprint density at radius 1 is 1.12 bits per heavy atom. The fraction of sp³-hybridized carbons (Fsp3) is 0.320. The molecule has 0 saturated carbocycles. The molecule has 0 unspecified atom stereocenters. The number of carbonyl (C=O) groups excluding carboxylic acids is 2. The van der Waals surface area contributed by atoms with Crippen molar-refractivity contribution in [2.45, 2.75) is 39.5 Å². The van der Waals surface area contributed by atoms with Gasteiger partial charge in [-0.1, -0.05) is 69.0 Å². The summed E-state index contributed by atoms with van der Waals surface area (Å²) in [5.41, 5.74) is 2.95. The van der Waals surface area contributed by atoms with Crippen LogP contribution in [0.4, 0.5) is 5.69 Å². The fourth-order valence-electron chi connectivity index (χ4n) is 3.16. The first-order chi connectivity index (χ1) is 15.2. The van der Waals surface area contributed by atoms with Crippen LogP contribution in [0.2, 0.25) is 0 Å². The van der Waals surface area contributed by atoms with Gasteiger partial charge in [0.15, 0.2) is 0 Å². The van der Waals surface area contributed by atoms with Gasteiger partial charge in [0.1, 0.15) is 10.1 Å². The Bertz CT molecular complexity index is 1020. The standard InChI is InChI=1S/C25H28N2O3S2/c1-5-30-20-12-10-19(11-13-20)26-22(28)14-15-27-23(29)21(32-24(27)31)16-17-6-8-18(9-7-17)25(2,3)4/h6-13,16H,5,14-15H2,1-4H3,(H,26,28)/b21-16-. The molecule has 1 aliphatic heterocycles. The van der Waals surface area contributed by atoms with Crippen molar-refractivity contribution in [2.75, 3.05) is 18.5 Å². The van der Waals surface area contributed by atoms with Crippen LogP contribution in [0.3, 0.4) is 0 Å². The third kappa shape index (κ3) is 6.20. The summed E-state index contributed by atoms with van der Waals surface area (Å²) in [6.45, 7) is 9.25. The normalized spacial score (nSPS) is 15.4. The van der Waals surface area contributed by atoms with E-state index in [1.807, 2.05) is 25.1 Å².